The Hall–Kier alpha value is -1.05. The van der Waals surface area contributed by atoms with Gasteiger partial charge in [-0.1, -0.05) is 6.08 Å². The van der Waals surface area contributed by atoms with Crippen molar-refractivity contribution in [1.82, 2.24) is 9.97 Å². The highest BCUT2D eigenvalue weighted by Crippen LogP contribution is 2.24. The van der Waals surface area contributed by atoms with E-state index < -0.39 is 0 Å². The summed E-state index contributed by atoms with van der Waals surface area (Å²) in [4.78, 5) is 7.13. The van der Waals surface area contributed by atoms with Gasteiger partial charge in [0.2, 0.25) is 0 Å². The molecular weight excluding hydrogens is 136 g/mol. The molecular formula is C9H12N2. The summed E-state index contributed by atoms with van der Waals surface area (Å²) in [5.74, 6) is 0. The van der Waals surface area contributed by atoms with E-state index in [9.17, 15) is 0 Å². The van der Waals surface area contributed by atoms with E-state index in [4.69, 9.17) is 0 Å². The van der Waals surface area contributed by atoms with Gasteiger partial charge in [-0.15, -0.1) is 0 Å². The van der Waals surface area contributed by atoms with Crippen molar-refractivity contribution in [3.8, 4) is 0 Å². The van der Waals surface area contributed by atoms with Gasteiger partial charge in [-0.3, -0.25) is 0 Å². The second-order valence-electron chi connectivity index (χ2n) is 2.94. The summed E-state index contributed by atoms with van der Waals surface area (Å²) in [5.41, 5.74) is 2.64. The predicted molar refractivity (Wildman–Crippen MR) is 45.0 cm³/mol. The highest BCUT2D eigenvalue weighted by molar-refractivity contribution is 5.62. The van der Waals surface area contributed by atoms with Crippen LogP contribution in [0.2, 0.25) is 0 Å². The third-order valence-corrected chi connectivity index (χ3v) is 2.14. The predicted octanol–water partition coefficient (Wildman–Crippen LogP) is 2.37. The normalized spacial score (nSPS) is 18.0. The van der Waals surface area contributed by atoms with Gasteiger partial charge in [0.15, 0.2) is 0 Å². The van der Waals surface area contributed by atoms with Crippen LogP contribution in [0.4, 0.5) is 0 Å². The average molecular weight is 148 g/mol. The third-order valence-electron chi connectivity index (χ3n) is 2.14. The molecule has 0 aromatic carbocycles. The van der Waals surface area contributed by atoms with Crippen LogP contribution in [0.3, 0.4) is 0 Å². The van der Waals surface area contributed by atoms with Crippen LogP contribution in [-0.2, 0) is 0 Å². The molecule has 1 aliphatic rings. The monoisotopic (exact) mass is 148 g/mol. The summed E-state index contributed by atoms with van der Waals surface area (Å²) in [5, 5.41) is 0. The van der Waals surface area contributed by atoms with Gasteiger partial charge in [0.1, 0.15) is 0 Å². The van der Waals surface area contributed by atoms with E-state index in [-0.39, 0.29) is 0 Å². The average Bonchev–Trinajstić information content (AvgIpc) is 2.58. The van der Waals surface area contributed by atoms with Gasteiger partial charge in [-0.2, -0.15) is 0 Å². The van der Waals surface area contributed by atoms with Crippen LogP contribution in [0, 0.1) is 0 Å². The first-order chi connectivity index (χ1) is 5.47. The molecule has 0 bridgehead atoms. The quantitative estimate of drug-likeness (QED) is 0.650. The number of imidazole rings is 1. The molecule has 0 atom stereocenters. The molecule has 1 aromatic heterocycles. The lowest BCUT2D eigenvalue weighted by Crippen LogP contribution is -1.91. The molecule has 11 heavy (non-hydrogen) atoms. The lowest BCUT2D eigenvalue weighted by atomic mass is 9.98. The molecule has 0 radical (unpaired) electrons. The number of hydrogen-bond acceptors (Lipinski definition) is 1. The van der Waals surface area contributed by atoms with Crippen LogP contribution in [0.1, 0.15) is 31.4 Å². The van der Waals surface area contributed by atoms with Gasteiger partial charge in [0.25, 0.3) is 0 Å². The summed E-state index contributed by atoms with van der Waals surface area (Å²) in [6.07, 6.45) is 11.1. The zero-order valence-corrected chi connectivity index (χ0v) is 6.51. The van der Waals surface area contributed by atoms with Crippen molar-refractivity contribution in [2.45, 2.75) is 25.7 Å². The van der Waals surface area contributed by atoms with Crippen molar-refractivity contribution < 1.29 is 0 Å². The van der Waals surface area contributed by atoms with E-state index >= 15 is 0 Å². The van der Waals surface area contributed by atoms with Crippen molar-refractivity contribution in [3.05, 3.63) is 24.3 Å². The largest absolute Gasteiger partial charge is 0.345 e. The number of nitrogens with one attached hydrogen (secondary N) is 1. The third kappa shape index (κ3) is 1.34. The molecule has 1 aromatic rings. The first-order valence-corrected chi connectivity index (χ1v) is 4.14. The second kappa shape index (κ2) is 2.91. The molecule has 2 rings (SSSR count). The van der Waals surface area contributed by atoms with E-state index in [0.717, 1.165) is 0 Å². The van der Waals surface area contributed by atoms with Crippen molar-refractivity contribution in [1.29, 1.82) is 0 Å². The lowest BCUT2D eigenvalue weighted by molar-refractivity contribution is 0.740. The fourth-order valence-corrected chi connectivity index (χ4v) is 1.51. The van der Waals surface area contributed by atoms with Gasteiger partial charge in [-0.05, 0) is 31.3 Å². The Labute approximate surface area is 66.4 Å². The van der Waals surface area contributed by atoms with Gasteiger partial charge >= 0.3 is 0 Å². The minimum absolute atomic E-state index is 1.20. The number of hydrogen-bond donors (Lipinski definition) is 1. The topological polar surface area (TPSA) is 28.7 Å². The number of H-pyrrole nitrogens is 1. The molecule has 58 valence electrons. The molecule has 0 fully saturated rings. The maximum Gasteiger partial charge on any atom is 0.0924 e. The van der Waals surface area contributed by atoms with E-state index in [2.05, 4.69) is 16.0 Å². The lowest BCUT2D eigenvalue weighted by Gasteiger charge is -2.09. The Bertz CT molecular complexity index is 247. The Morgan fingerprint density at radius 1 is 1.36 bits per heavy atom. The molecule has 0 spiro atoms. The number of rotatable bonds is 1. The maximum absolute atomic E-state index is 4.00. The Kier molecular flexibility index (Phi) is 1.76. The molecule has 1 heterocycles. The molecule has 0 unspecified atom stereocenters. The Morgan fingerprint density at radius 2 is 2.36 bits per heavy atom. The van der Waals surface area contributed by atoms with Crippen LogP contribution >= 0.6 is 0 Å². The van der Waals surface area contributed by atoms with Crippen molar-refractivity contribution >= 4 is 5.57 Å². The van der Waals surface area contributed by atoms with Crippen molar-refractivity contribution in [3.63, 3.8) is 0 Å². The first-order valence-electron chi connectivity index (χ1n) is 4.14. The molecule has 1 aliphatic carbocycles. The SMILES string of the molecule is C1=C(c2cnc[nH]2)CCCC1. The smallest absolute Gasteiger partial charge is 0.0924 e. The van der Waals surface area contributed by atoms with E-state index in [1.54, 1.807) is 6.33 Å². The summed E-state index contributed by atoms with van der Waals surface area (Å²) < 4.78 is 0. The van der Waals surface area contributed by atoms with E-state index in [1.807, 2.05) is 6.20 Å². The zero-order chi connectivity index (χ0) is 7.52. The van der Waals surface area contributed by atoms with Gasteiger partial charge < -0.3 is 4.98 Å². The fourth-order valence-electron chi connectivity index (χ4n) is 1.51. The Morgan fingerprint density at radius 3 is 3.00 bits per heavy atom. The first kappa shape index (κ1) is 6.65. The molecule has 1 N–H and O–H groups in total. The van der Waals surface area contributed by atoms with Crippen LogP contribution in [-0.4, -0.2) is 9.97 Å². The number of aromatic nitrogens is 2. The van der Waals surface area contributed by atoms with E-state index in [1.165, 1.54) is 37.0 Å². The fraction of sp³-hybridized carbons (Fsp3) is 0.444. The standard InChI is InChI=1S/C9H12N2/c1-2-4-8(5-3-1)9-6-10-7-11-9/h4,6-7H,1-3,5H2,(H,10,11). The highest BCUT2D eigenvalue weighted by Gasteiger charge is 2.05. The number of nitrogens with zero attached hydrogens (tertiary/aromatic N) is 1. The van der Waals surface area contributed by atoms with Gasteiger partial charge in [0, 0.05) is 0 Å². The summed E-state index contributed by atoms with van der Waals surface area (Å²) >= 11 is 0. The van der Waals surface area contributed by atoms with Gasteiger partial charge in [0.05, 0.1) is 18.2 Å². The Balaban J connectivity index is 2.22. The van der Waals surface area contributed by atoms with E-state index in [0.29, 0.717) is 0 Å². The minimum atomic E-state index is 1.20. The van der Waals surface area contributed by atoms with Crippen molar-refractivity contribution in [2.24, 2.45) is 0 Å². The number of aromatic amines is 1. The summed E-state index contributed by atoms with van der Waals surface area (Å²) in [7, 11) is 0. The highest BCUT2D eigenvalue weighted by atomic mass is 14.9. The van der Waals surface area contributed by atoms with Crippen LogP contribution in [0.5, 0.6) is 0 Å². The summed E-state index contributed by atoms with van der Waals surface area (Å²) in [6, 6.07) is 0. The maximum atomic E-state index is 4.00. The minimum Gasteiger partial charge on any atom is -0.345 e. The van der Waals surface area contributed by atoms with Crippen LogP contribution < -0.4 is 0 Å². The molecule has 0 saturated heterocycles. The molecule has 2 heteroatoms. The molecule has 2 nitrogen and oxygen atoms in total. The molecule has 0 amide bonds. The summed E-state index contributed by atoms with van der Waals surface area (Å²) in [6.45, 7) is 0. The van der Waals surface area contributed by atoms with Crippen molar-refractivity contribution in [2.75, 3.05) is 0 Å². The molecule has 0 saturated carbocycles. The van der Waals surface area contributed by atoms with Gasteiger partial charge in [-0.25, -0.2) is 4.98 Å². The van der Waals surface area contributed by atoms with Crippen LogP contribution in [0.15, 0.2) is 18.6 Å². The molecule has 0 aliphatic heterocycles. The van der Waals surface area contributed by atoms with Crippen LogP contribution in [0.25, 0.3) is 5.57 Å². The second-order valence-corrected chi connectivity index (χ2v) is 2.94. The number of allylic oxidation sites excluding steroid dienone is 2. The zero-order valence-electron chi connectivity index (χ0n) is 6.51.